The van der Waals surface area contributed by atoms with E-state index < -0.39 is 11.4 Å². The third-order valence-corrected chi connectivity index (χ3v) is 6.87. The first-order valence-corrected chi connectivity index (χ1v) is 13.7. The summed E-state index contributed by atoms with van der Waals surface area (Å²) in [6.07, 6.45) is 3.27. The fraction of sp³-hybridized carbons (Fsp3) is 0.828. The summed E-state index contributed by atoms with van der Waals surface area (Å²) in [6.45, 7) is 20.1. The Bertz CT molecular complexity index is 782. The molecule has 0 bridgehead atoms. The molecule has 1 atom stereocenters. The molecule has 0 saturated carbocycles. The van der Waals surface area contributed by atoms with E-state index in [-0.39, 0.29) is 54.1 Å². The van der Waals surface area contributed by atoms with Crippen molar-refractivity contribution >= 4 is 29.6 Å². The van der Waals surface area contributed by atoms with Gasteiger partial charge < -0.3 is 24.7 Å². The van der Waals surface area contributed by atoms with Gasteiger partial charge in [0, 0.05) is 17.9 Å². The summed E-state index contributed by atoms with van der Waals surface area (Å²) in [4.78, 5) is 55.2. The van der Waals surface area contributed by atoms with Crippen molar-refractivity contribution < 1.29 is 42.9 Å². The van der Waals surface area contributed by atoms with E-state index in [1.165, 1.54) is 6.92 Å². The number of carbonyl (C=O) groups is 5. The van der Waals surface area contributed by atoms with Crippen LogP contribution in [0.15, 0.2) is 0 Å². The molecule has 1 saturated heterocycles. The average molecular weight is 560 g/mol. The SMILES string of the molecule is CCC(C)(C)C(=O)OCC1CCOC1.CCC(C)(C)C(=O)OCCC(=O)OCC(C)=O.CCC(C)(C)C(N)=O. The summed E-state index contributed by atoms with van der Waals surface area (Å²) in [6, 6.07) is 0. The minimum absolute atomic E-state index is 0.0149. The second-order valence-corrected chi connectivity index (χ2v) is 11.7. The van der Waals surface area contributed by atoms with Crippen molar-refractivity contribution in [2.75, 3.05) is 33.0 Å². The van der Waals surface area contributed by atoms with Crippen LogP contribution in [0, 0.1) is 22.2 Å². The van der Waals surface area contributed by atoms with Crippen molar-refractivity contribution in [2.24, 2.45) is 27.9 Å². The van der Waals surface area contributed by atoms with Gasteiger partial charge in [-0.1, -0.05) is 34.6 Å². The second kappa shape index (κ2) is 18.7. The minimum Gasteiger partial charge on any atom is -0.465 e. The van der Waals surface area contributed by atoms with Gasteiger partial charge in [0.2, 0.25) is 5.91 Å². The first-order chi connectivity index (χ1) is 17.9. The molecule has 0 aromatic carbocycles. The molecule has 0 aromatic rings. The number of Topliss-reactive ketones (excluding diaryl/α,β-unsaturated/α-hetero) is 1. The number of primary amides is 1. The lowest BCUT2D eigenvalue weighted by Gasteiger charge is -2.21. The summed E-state index contributed by atoms with van der Waals surface area (Å²) in [5.74, 6) is -0.998. The number of carbonyl (C=O) groups excluding carboxylic acids is 5. The molecule has 0 spiro atoms. The molecule has 1 amide bonds. The molecule has 1 aliphatic heterocycles. The van der Waals surface area contributed by atoms with Crippen LogP contribution in [0.2, 0.25) is 0 Å². The van der Waals surface area contributed by atoms with Crippen molar-refractivity contribution in [1.29, 1.82) is 0 Å². The van der Waals surface area contributed by atoms with E-state index in [1.54, 1.807) is 13.8 Å². The van der Waals surface area contributed by atoms with E-state index in [1.807, 2.05) is 48.5 Å². The van der Waals surface area contributed by atoms with Crippen molar-refractivity contribution in [3.63, 3.8) is 0 Å². The first kappa shape index (κ1) is 38.7. The zero-order chi connectivity index (χ0) is 30.9. The minimum atomic E-state index is -0.540. The Kier molecular flexibility index (Phi) is 18.6. The molecule has 1 fully saturated rings. The number of ether oxygens (including phenoxy) is 4. The van der Waals surface area contributed by atoms with Crippen molar-refractivity contribution in [3.8, 4) is 0 Å². The van der Waals surface area contributed by atoms with Gasteiger partial charge >= 0.3 is 17.9 Å². The maximum Gasteiger partial charge on any atom is 0.311 e. The van der Waals surface area contributed by atoms with Gasteiger partial charge in [-0.05, 0) is 60.3 Å². The van der Waals surface area contributed by atoms with Crippen LogP contribution in [0.5, 0.6) is 0 Å². The Balaban J connectivity index is 0. The molecular weight excluding hydrogens is 506 g/mol. The van der Waals surface area contributed by atoms with E-state index in [0.29, 0.717) is 18.9 Å². The van der Waals surface area contributed by atoms with Gasteiger partial charge in [-0.2, -0.15) is 0 Å². The molecule has 228 valence electrons. The lowest BCUT2D eigenvalue weighted by Crippen LogP contribution is -2.30. The summed E-state index contributed by atoms with van der Waals surface area (Å²) in [7, 11) is 0. The number of hydrogen-bond donors (Lipinski definition) is 1. The molecule has 0 radical (unpaired) electrons. The highest BCUT2D eigenvalue weighted by Gasteiger charge is 2.29. The Morgan fingerprint density at radius 1 is 0.795 bits per heavy atom. The molecule has 0 aliphatic carbocycles. The molecule has 0 aromatic heterocycles. The fourth-order valence-electron chi connectivity index (χ4n) is 2.24. The molecule has 1 unspecified atom stereocenters. The Morgan fingerprint density at radius 2 is 1.28 bits per heavy atom. The molecule has 1 rings (SSSR count). The smallest absolute Gasteiger partial charge is 0.311 e. The van der Waals surface area contributed by atoms with Crippen LogP contribution in [0.25, 0.3) is 0 Å². The third kappa shape index (κ3) is 17.7. The van der Waals surface area contributed by atoms with Crippen molar-refractivity contribution in [2.45, 2.75) is 101 Å². The quantitative estimate of drug-likeness (QED) is 0.256. The monoisotopic (exact) mass is 559 g/mol. The normalized spacial score (nSPS) is 15.1. The van der Waals surface area contributed by atoms with Crippen LogP contribution in [0.1, 0.15) is 101 Å². The van der Waals surface area contributed by atoms with Gasteiger partial charge in [-0.3, -0.25) is 24.0 Å². The molecule has 1 heterocycles. The summed E-state index contributed by atoms with van der Waals surface area (Å²) in [5.41, 5.74) is 3.84. The number of rotatable bonds is 13. The van der Waals surface area contributed by atoms with Crippen LogP contribution in [0.4, 0.5) is 0 Å². The predicted octanol–water partition coefficient (Wildman–Crippen LogP) is 4.40. The lowest BCUT2D eigenvalue weighted by atomic mass is 9.90. The van der Waals surface area contributed by atoms with Gasteiger partial charge in [-0.25, -0.2) is 0 Å². The van der Waals surface area contributed by atoms with Crippen LogP contribution in [0.3, 0.4) is 0 Å². The Hall–Kier alpha value is -2.49. The second-order valence-electron chi connectivity index (χ2n) is 11.7. The van der Waals surface area contributed by atoms with Gasteiger partial charge in [0.05, 0.1) is 30.5 Å². The fourth-order valence-corrected chi connectivity index (χ4v) is 2.24. The number of nitrogens with two attached hydrogens (primary N) is 1. The van der Waals surface area contributed by atoms with Gasteiger partial charge in [0.25, 0.3) is 0 Å². The zero-order valence-electron chi connectivity index (χ0n) is 25.9. The largest absolute Gasteiger partial charge is 0.465 e. The van der Waals surface area contributed by atoms with Crippen LogP contribution >= 0.6 is 0 Å². The van der Waals surface area contributed by atoms with Gasteiger partial charge in [-0.15, -0.1) is 0 Å². The standard InChI is InChI=1S/C12H20O5.C11H20O3.C6H13NO/c1-5-12(3,4)11(15)16-7-6-10(14)17-8-9(2)13;1-4-11(2,3)10(12)14-8-9-5-6-13-7-9;1-4-6(2,3)5(7)8/h5-8H2,1-4H3;9H,4-8H2,1-3H3;4H2,1-3H3,(H2,7,8). The molecule has 10 heteroatoms. The molecule has 10 nitrogen and oxygen atoms in total. The summed E-state index contributed by atoms with van der Waals surface area (Å²) >= 11 is 0. The van der Waals surface area contributed by atoms with Crippen molar-refractivity contribution in [1.82, 2.24) is 0 Å². The average Bonchev–Trinajstić information content (AvgIpc) is 3.40. The predicted molar refractivity (Wildman–Crippen MR) is 149 cm³/mol. The van der Waals surface area contributed by atoms with Gasteiger partial charge in [0.15, 0.2) is 5.78 Å². The first-order valence-electron chi connectivity index (χ1n) is 13.7. The zero-order valence-corrected chi connectivity index (χ0v) is 25.9. The van der Waals surface area contributed by atoms with Crippen molar-refractivity contribution in [3.05, 3.63) is 0 Å². The van der Waals surface area contributed by atoms with E-state index in [0.717, 1.165) is 32.5 Å². The van der Waals surface area contributed by atoms with E-state index in [9.17, 15) is 24.0 Å². The van der Waals surface area contributed by atoms with E-state index in [4.69, 9.17) is 19.9 Å². The molecular formula is C29H53NO9. The Morgan fingerprint density at radius 3 is 1.64 bits per heavy atom. The summed E-state index contributed by atoms with van der Waals surface area (Å²) in [5, 5.41) is 0. The highest BCUT2D eigenvalue weighted by Crippen LogP contribution is 2.23. The molecule has 1 aliphatic rings. The van der Waals surface area contributed by atoms with E-state index in [2.05, 4.69) is 4.74 Å². The topological polar surface area (TPSA) is 148 Å². The van der Waals surface area contributed by atoms with Crippen LogP contribution in [-0.2, 0) is 42.9 Å². The maximum atomic E-state index is 11.6. The highest BCUT2D eigenvalue weighted by molar-refractivity contribution is 5.80. The lowest BCUT2D eigenvalue weighted by molar-refractivity contribution is -0.157. The van der Waals surface area contributed by atoms with Crippen LogP contribution < -0.4 is 5.73 Å². The number of amides is 1. The molecule has 2 N–H and O–H groups in total. The highest BCUT2D eigenvalue weighted by atomic mass is 16.6. The molecule has 39 heavy (non-hydrogen) atoms. The third-order valence-electron chi connectivity index (χ3n) is 6.87. The number of esters is 3. The van der Waals surface area contributed by atoms with Gasteiger partial charge in [0.1, 0.15) is 13.2 Å². The van der Waals surface area contributed by atoms with Crippen LogP contribution in [-0.4, -0.2) is 62.6 Å². The maximum absolute atomic E-state index is 11.6. The Labute approximate surface area is 235 Å². The number of hydrogen-bond acceptors (Lipinski definition) is 9. The summed E-state index contributed by atoms with van der Waals surface area (Å²) < 4.78 is 20.0. The van der Waals surface area contributed by atoms with E-state index >= 15 is 0 Å². The number of ketones is 1.